The summed E-state index contributed by atoms with van der Waals surface area (Å²) in [5.74, 6) is -3.53. The Morgan fingerprint density at radius 1 is 1.00 bits per heavy atom. The van der Waals surface area contributed by atoms with Crippen molar-refractivity contribution in [3.63, 3.8) is 0 Å². The maximum Gasteiger partial charge on any atom is 0.404 e. The number of nitrogens with one attached hydrogen (secondary N) is 1. The molecule has 4 heterocycles. The van der Waals surface area contributed by atoms with E-state index in [1.165, 1.54) is 17.2 Å². The molecule has 0 atom stereocenters. The monoisotopic (exact) mass is 623 g/mol. The summed E-state index contributed by atoms with van der Waals surface area (Å²) in [4.78, 5) is 13.3. The molecule has 1 aliphatic rings. The molecule has 0 unspecified atom stereocenters. The number of hydrogen-bond donors (Lipinski definition) is 1. The number of hydrogen-bond acceptors (Lipinski definition) is 8. The van der Waals surface area contributed by atoms with Crippen molar-refractivity contribution in [3.05, 3.63) is 60.3 Å². The lowest BCUT2D eigenvalue weighted by molar-refractivity contribution is -0.149. The number of likely N-dealkylation sites (tertiary alicyclic amines) is 1. The van der Waals surface area contributed by atoms with Gasteiger partial charge in [0.2, 0.25) is 21.8 Å². The summed E-state index contributed by atoms with van der Waals surface area (Å²) in [5, 5.41) is 0. The first-order valence-corrected chi connectivity index (χ1v) is 14.0. The molecular formula is C25H24F7N5O4S. The Balaban J connectivity index is 1.56. The summed E-state index contributed by atoms with van der Waals surface area (Å²) in [5.41, 5.74) is -0.568. The van der Waals surface area contributed by atoms with Crippen molar-refractivity contribution in [2.45, 2.75) is 37.9 Å². The zero-order valence-electron chi connectivity index (χ0n) is 21.6. The first kappa shape index (κ1) is 31.2. The Morgan fingerprint density at radius 2 is 1.74 bits per heavy atom. The van der Waals surface area contributed by atoms with Crippen molar-refractivity contribution in [1.29, 1.82) is 0 Å². The van der Waals surface area contributed by atoms with Crippen LogP contribution < -0.4 is 14.2 Å². The predicted molar refractivity (Wildman–Crippen MR) is 136 cm³/mol. The Kier molecular flexibility index (Phi) is 9.40. The molecular weight excluding hydrogens is 599 g/mol. The fraction of sp³-hybridized carbons (Fsp3) is 0.400. The van der Waals surface area contributed by atoms with Crippen molar-refractivity contribution in [2.24, 2.45) is 0 Å². The van der Waals surface area contributed by atoms with Crippen LogP contribution in [-0.2, 0) is 16.6 Å². The number of halogens is 7. The predicted octanol–water partition coefficient (Wildman–Crippen LogP) is 4.97. The van der Waals surface area contributed by atoms with Crippen molar-refractivity contribution < 1.29 is 48.6 Å². The van der Waals surface area contributed by atoms with E-state index in [9.17, 15) is 39.2 Å². The van der Waals surface area contributed by atoms with E-state index in [1.807, 2.05) is 0 Å². The fourth-order valence-electron chi connectivity index (χ4n) is 4.12. The smallest absolute Gasteiger partial charge is 0.404 e. The number of piperidine rings is 1. The van der Waals surface area contributed by atoms with Gasteiger partial charge in [-0.15, -0.1) is 0 Å². The molecule has 1 fully saturated rings. The molecule has 1 saturated heterocycles. The quantitative estimate of drug-likeness (QED) is 0.316. The Bertz CT molecular complexity index is 1470. The van der Waals surface area contributed by atoms with Gasteiger partial charge in [-0.25, -0.2) is 22.8 Å². The fourth-order valence-corrected chi connectivity index (χ4v) is 5.10. The SMILES string of the molecule is O=S(=O)(CC(F)(F)F)Nc1cc(-c2nc(OC3CCN(CC(F)(F)F)CC3)ccc2F)cnc1OCc1ccccn1. The van der Waals surface area contributed by atoms with Gasteiger partial charge in [0.25, 0.3) is 0 Å². The molecule has 4 rings (SSSR count). The molecule has 0 bridgehead atoms. The van der Waals surface area contributed by atoms with E-state index in [-0.39, 0.29) is 49.7 Å². The molecule has 17 heteroatoms. The zero-order valence-corrected chi connectivity index (χ0v) is 22.4. The lowest BCUT2D eigenvalue weighted by atomic mass is 10.1. The third-order valence-electron chi connectivity index (χ3n) is 5.87. The summed E-state index contributed by atoms with van der Waals surface area (Å²) in [6, 6.07) is 8.13. The van der Waals surface area contributed by atoms with Crippen LogP contribution >= 0.6 is 0 Å². The second-order valence-electron chi connectivity index (χ2n) is 9.35. The minimum atomic E-state index is -5.05. The summed E-state index contributed by atoms with van der Waals surface area (Å²) in [6.45, 7) is -0.992. The standard InChI is InChI=1S/C25H24F7N5O4S/c26-19-4-5-21(41-18-6-9-37(10-7-18)14-24(27,28)29)35-22(19)16-11-20(36-42(38,39)15-25(30,31)32)23(34-12-16)40-13-17-3-1-2-8-33-17/h1-5,8,11-12,18,36H,6-7,9-10,13-15H2. The molecule has 0 saturated carbocycles. The minimum Gasteiger partial charge on any atom is -0.474 e. The Hall–Kier alpha value is -3.73. The number of anilines is 1. The lowest BCUT2D eigenvalue weighted by Gasteiger charge is -2.32. The molecule has 3 aromatic heterocycles. The highest BCUT2D eigenvalue weighted by atomic mass is 32.2. The van der Waals surface area contributed by atoms with Gasteiger partial charge in [0.15, 0.2) is 5.75 Å². The van der Waals surface area contributed by atoms with Gasteiger partial charge in [-0.2, -0.15) is 26.3 Å². The lowest BCUT2D eigenvalue weighted by Crippen LogP contribution is -2.42. The average Bonchev–Trinajstić information content (AvgIpc) is 2.88. The molecule has 0 radical (unpaired) electrons. The number of alkyl halides is 6. The van der Waals surface area contributed by atoms with Gasteiger partial charge in [0.05, 0.1) is 12.2 Å². The topological polar surface area (TPSA) is 107 Å². The molecule has 0 aliphatic carbocycles. The second kappa shape index (κ2) is 12.6. The first-order chi connectivity index (χ1) is 19.7. The molecule has 9 nitrogen and oxygen atoms in total. The molecule has 42 heavy (non-hydrogen) atoms. The first-order valence-electron chi connectivity index (χ1n) is 12.4. The molecule has 228 valence electrons. The molecule has 0 spiro atoms. The average molecular weight is 624 g/mol. The molecule has 0 amide bonds. The summed E-state index contributed by atoms with van der Waals surface area (Å²) >= 11 is 0. The van der Waals surface area contributed by atoms with Gasteiger partial charge in [-0.3, -0.25) is 14.6 Å². The molecule has 0 aromatic carbocycles. The highest BCUT2D eigenvalue weighted by Gasteiger charge is 2.36. The van der Waals surface area contributed by atoms with Crippen LogP contribution in [0.15, 0.2) is 48.8 Å². The van der Waals surface area contributed by atoms with Crippen LogP contribution in [0.2, 0.25) is 0 Å². The Morgan fingerprint density at radius 3 is 2.38 bits per heavy atom. The van der Waals surface area contributed by atoms with Crippen molar-refractivity contribution >= 4 is 15.7 Å². The normalized spacial score (nSPS) is 15.4. The van der Waals surface area contributed by atoms with Crippen molar-refractivity contribution in [1.82, 2.24) is 19.9 Å². The van der Waals surface area contributed by atoms with E-state index in [4.69, 9.17) is 9.47 Å². The van der Waals surface area contributed by atoms with E-state index in [1.54, 1.807) is 22.9 Å². The third-order valence-corrected chi connectivity index (χ3v) is 7.11. The third kappa shape index (κ3) is 9.40. The maximum absolute atomic E-state index is 14.8. The second-order valence-corrected chi connectivity index (χ2v) is 11.1. The minimum absolute atomic E-state index is 0.0599. The van der Waals surface area contributed by atoms with Crippen LogP contribution in [0.3, 0.4) is 0 Å². The van der Waals surface area contributed by atoms with Gasteiger partial charge < -0.3 is 9.47 Å². The van der Waals surface area contributed by atoms with Crippen LogP contribution in [-0.4, -0.2) is 72.1 Å². The summed E-state index contributed by atoms with van der Waals surface area (Å²) in [6.07, 6.45) is -6.79. The zero-order chi connectivity index (χ0) is 30.5. The van der Waals surface area contributed by atoms with Crippen LogP contribution in [0.25, 0.3) is 11.3 Å². The number of ether oxygens (including phenoxy) is 2. The van der Waals surface area contributed by atoms with Crippen LogP contribution in [0, 0.1) is 5.82 Å². The highest BCUT2D eigenvalue weighted by Crippen LogP contribution is 2.32. The molecule has 3 aromatic rings. The number of pyridine rings is 3. The van der Waals surface area contributed by atoms with Gasteiger partial charge in [0, 0.05) is 37.1 Å². The molecule has 1 N–H and O–H groups in total. The van der Waals surface area contributed by atoms with Gasteiger partial charge >= 0.3 is 12.4 Å². The van der Waals surface area contributed by atoms with Crippen molar-refractivity contribution in [2.75, 3.05) is 30.1 Å². The number of rotatable bonds is 10. The van der Waals surface area contributed by atoms with Gasteiger partial charge in [-0.1, -0.05) is 6.07 Å². The summed E-state index contributed by atoms with van der Waals surface area (Å²) < 4.78 is 129. The number of aromatic nitrogens is 3. The van der Waals surface area contributed by atoms with Crippen LogP contribution in [0.1, 0.15) is 18.5 Å². The van der Waals surface area contributed by atoms with Gasteiger partial charge in [0.1, 0.15) is 29.9 Å². The van der Waals surface area contributed by atoms with E-state index < -0.39 is 58.2 Å². The van der Waals surface area contributed by atoms with E-state index in [0.29, 0.717) is 5.69 Å². The molecule has 1 aliphatic heterocycles. The van der Waals surface area contributed by atoms with E-state index in [0.717, 1.165) is 18.3 Å². The number of nitrogens with zero attached hydrogens (tertiary/aromatic N) is 4. The van der Waals surface area contributed by atoms with Crippen molar-refractivity contribution in [3.8, 4) is 23.0 Å². The van der Waals surface area contributed by atoms with E-state index in [2.05, 4.69) is 15.0 Å². The van der Waals surface area contributed by atoms with Gasteiger partial charge in [-0.05, 0) is 37.1 Å². The van der Waals surface area contributed by atoms with Crippen LogP contribution in [0.5, 0.6) is 11.8 Å². The largest absolute Gasteiger partial charge is 0.474 e. The Labute approximate surface area is 235 Å². The maximum atomic E-state index is 14.8. The number of sulfonamides is 1. The highest BCUT2D eigenvalue weighted by molar-refractivity contribution is 7.92. The van der Waals surface area contributed by atoms with Crippen LogP contribution in [0.4, 0.5) is 36.4 Å². The van der Waals surface area contributed by atoms with E-state index >= 15 is 0 Å². The summed E-state index contributed by atoms with van der Waals surface area (Å²) in [7, 11) is -4.97.